The largest absolute Gasteiger partial charge is 0.405 e. The summed E-state index contributed by atoms with van der Waals surface area (Å²) in [6.45, 7) is -2.33. The SMILES string of the molecule is O=C(CN1C(=O)NC2(CCCCCC2)C1=O)NC(=O)NCC(F)(F)F. The number of nitrogens with one attached hydrogen (secondary N) is 3. The summed E-state index contributed by atoms with van der Waals surface area (Å²) in [7, 11) is 0. The Bertz CT molecular complexity index is 571. The standard InChI is InChI=1S/C14H19F3N4O4/c15-14(16,17)8-18-11(24)19-9(22)7-21-10(23)13(20-12(21)25)5-3-1-2-4-6-13/h1-8H2,(H,20,25)(H2,18,19,22,24). The fourth-order valence-corrected chi connectivity index (χ4v) is 3.03. The van der Waals surface area contributed by atoms with Crippen molar-refractivity contribution < 1.29 is 32.3 Å². The van der Waals surface area contributed by atoms with Gasteiger partial charge in [0.25, 0.3) is 5.91 Å². The van der Waals surface area contributed by atoms with E-state index in [1.165, 1.54) is 5.32 Å². The molecule has 0 aromatic rings. The molecule has 2 aliphatic rings. The van der Waals surface area contributed by atoms with Crippen molar-refractivity contribution in [1.29, 1.82) is 0 Å². The van der Waals surface area contributed by atoms with Crippen LogP contribution < -0.4 is 16.0 Å². The second-order valence-corrected chi connectivity index (χ2v) is 6.16. The van der Waals surface area contributed by atoms with Crippen LogP contribution >= 0.6 is 0 Å². The van der Waals surface area contributed by atoms with E-state index in [2.05, 4.69) is 5.32 Å². The molecule has 11 heteroatoms. The van der Waals surface area contributed by atoms with E-state index in [0.29, 0.717) is 17.7 Å². The molecule has 0 aromatic carbocycles. The van der Waals surface area contributed by atoms with E-state index in [9.17, 15) is 32.3 Å². The number of nitrogens with zero attached hydrogens (tertiary/aromatic N) is 1. The molecule has 0 aromatic heterocycles. The van der Waals surface area contributed by atoms with Gasteiger partial charge in [-0.15, -0.1) is 0 Å². The Morgan fingerprint density at radius 3 is 2.28 bits per heavy atom. The molecule has 1 heterocycles. The normalized spacial score (nSPS) is 20.2. The topological polar surface area (TPSA) is 108 Å². The first-order chi connectivity index (χ1) is 11.6. The quantitative estimate of drug-likeness (QED) is 0.650. The monoisotopic (exact) mass is 364 g/mol. The van der Waals surface area contributed by atoms with E-state index in [0.717, 1.165) is 25.7 Å². The molecular formula is C14H19F3N4O4. The summed E-state index contributed by atoms with van der Waals surface area (Å²) in [6.07, 6.45) is -0.228. The van der Waals surface area contributed by atoms with Crippen LogP contribution in [0, 0.1) is 0 Å². The number of alkyl halides is 3. The third-order valence-electron chi connectivity index (χ3n) is 4.21. The van der Waals surface area contributed by atoms with E-state index < -0.39 is 48.7 Å². The number of hydrogen-bond donors (Lipinski definition) is 3. The highest BCUT2D eigenvalue weighted by Gasteiger charge is 2.51. The van der Waals surface area contributed by atoms with Crippen molar-refractivity contribution >= 4 is 23.9 Å². The van der Waals surface area contributed by atoms with Crippen LogP contribution in [-0.4, -0.2) is 53.6 Å². The lowest BCUT2D eigenvalue weighted by Gasteiger charge is -2.24. The van der Waals surface area contributed by atoms with Crippen LogP contribution in [0.5, 0.6) is 0 Å². The van der Waals surface area contributed by atoms with Crippen LogP contribution in [0.15, 0.2) is 0 Å². The number of halogens is 3. The lowest BCUT2D eigenvalue weighted by atomic mass is 9.90. The zero-order valence-corrected chi connectivity index (χ0v) is 13.4. The van der Waals surface area contributed by atoms with Crippen LogP contribution in [0.25, 0.3) is 0 Å². The van der Waals surface area contributed by atoms with E-state index in [-0.39, 0.29) is 0 Å². The first kappa shape index (κ1) is 19.0. The summed E-state index contributed by atoms with van der Waals surface area (Å²) in [6, 6.07) is -2.09. The minimum atomic E-state index is -4.61. The van der Waals surface area contributed by atoms with Gasteiger partial charge in [-0.3, -0.25) is 19.8 Å². The maximum atomic E-state index is 12.5. The first-order valence-electron chi connectivity index (χ1n) is 7.91. The van der Waals surface area contributed by atoms with Crippen LogP contribution in [-0.2, 0) is 9.59 Å². The lowest BCUT2D eigenvalue weighted by molar-refractivity contribution is -0.135. The lowest BCUT2D eigenvalue weighted by Crippen LogP contribution is -2.49. The Hall–Kier alpha value is -2.33. The number of urea groups is 2. The zero-order chi connectivity index (χ0) is 18.7. The molecule has 1 saturated heterocycles. The van der Waals surface area contributed by atoms with Crippen molar-refractivity contribution in [3.8, 4) is 0 Å². The van der Waals surface area contributed by atoms with E-state index in [4.69, 9.17) is 0 Å². The predicted octanol–water partition coefficient (Wildman–Crippen LogP) is 1.02. The first-order valence-corrected chi connectivity index (χ1v) is 7.91. The van der Waals surface area contributed by atoms with Gasteiger partial charge >= 0.3 is 18.2 Å². The summed E-state index contributed by atoms with van der Waals surface area (Å²) >= 11 is 0. The molecule has 2 fully saturated rings. The Morgan fingerprint density at radius 1 is 1.12 bits per heavy atom. The predicted molar refractivity (Wildman–Crippen MR) is 78.3 cm³/mol. The number of hydrogen-bond acceptors (Lipinski definition) is 4. The molecule has 0 bridgehead atoms. The van der Waals surface area contributed by atoms with Crippen LogP contribution in [0.4, 0.5) is 22.8 Å². The molecule has 0 unspecified atom stereocenters. The van der Waals surface area contributed by atoms with Gasteiger partial charge in [-0.25, -0.2) is 9.59 Å². The van der Waals surface area contributed by atoms with Crippen molar-refractivity contribution in [3.05, 3.63) is 0 Å². The highest BCUT2D eigenvalue weighted by molar-refractivity contribution is 6.10. The fourth-order valence-electron chi connectivity index (χ4n) is 3.03. The number of carbonyl (C=O) groups is 4. The molecule has 140 valence electrons. The fraction of sp³-hybridized carbons (Fsp3) is 0.714. The maximum absolute atomic E-state index is 12.5. The average molecular weight is 364 g/mol. The van der Waals surface area contributed by atoms with Gasteiger partial charge in [-0.1, -0.05) is 25.7 Å². The molecule has 2 rings (SSSR count). The maximum Gasteiger partial charge on any atom is 0.405 e. The average Bonchev–Trinajstić information content (AvgIpc) is 2.69. The zero-order valence-electron chi connectivity index (χ0n) is 13.4. The van der Waals surface area contributed by atoms with Gasteiger partial charge in [0.2, 0.25) is 5.91 Å². The molecule has 25 heavy (non-hydrogen) atoms. The molecule has 1 aliphatic carbocycles. The molecule has 1 saturated carbocycles. The van der Waals surface area contributed by atoms with Crippen LogP contribution in [0.2, 0.25) is 0 Å². The number of amides is 6. The second kappa shape index (κ2) is 7.28. The van der Waals surface area contributed by atoms with Gasteiger partial charge in [-0.2, -0.15) is 13.2 Å². The van der Waals surface area contributed by atoms with Crippen molar-refractivity contribution in [2.24, 2.45) is 0 Å². The van der Waals surface area contributed by atoms with Gasteiger partial charge < -0.3 is 10.6 Å². The number of imide groups is 2. The Labute approximate surface area is 141 Å². The van der Waals surface area contributed by atoms with Crippen molar-refractivity contribution in [1.82, 2.24) is 20.9 Å². The molecular weight excluding hydrogens is 345 g/mol. The Morgan fingerprint density at radius 2 is 1.72 bits per heavy atom. The van der Waals surface area contributed by atoms with Crippen LogP contribution in [0.3, 0.4) is 0 Å². The molecule has 1 spiro atoms. The summed E-state index contributed by atoms with van der Waals surface area (Å²) in [5.41, 5.74) is -1.02. The molecule has 8 nitrogen and oxygen atoms in total. The smallest absolute Gasteiger partial charge is 0.329 e. The van der Waals surface area contributed by atoms with Gasteiger partial charge in [-0.05, 0) is 12.8 Å². The van der Waals surface area contributed by atoms with Gasteiger partial charge in [0, 0.05) is 0 Å². The van der Waals surface area contributed by atoms with Crippen molar-refractivity contribution in [3.63, 3.8) is 0 Å². The van der Waals surface area contributed by atoms with Crippen molar-refractivity contribution in [2.45, 2.75) is 50.2 Å². The highest BCUT2D eigenvalue weighted by atomic mass is 19.4. The molecule has 3 N–H and O–H groups in total. The number of carbonyl (C=O) groups excluding carboxylic acids is 4. The third-order valence-corrected chi connectivity index (χ3v) is 4.21. The summed E-state index contributed by atoms with van der Waals surface area (Å²) in [5, 5.41) is 5.75. The molecule has 1 aliphatic heterocycles. The second-order valence-electron chi connectivity index (χ2n) is 6.16. The molecule has 0 radical (unpaired) electrons. The minimum Gasteiger partial charge on any atom is -0.329 e. The van der Waals surface area contributed by atoms with Crippen molar-refractivity contribution in [2.75, 3.05) is 13.1 Å². The minimum absolute atomic E-state index is 0.474. The number of rotatable bonds is 3. The Kier molecular flexibility index (Phi) is 5.53. The van der Waals surface area contributed by atoms with Gasteiger partial charge in [0.05, 0.1) is 0 Å². The molecule has 0 atom stereocenters. The van der Waals surface area contributed by atoms with Crippen LogP contribution in [0.1, 0.15) is 38.5 Å². The highest BCUT2D eigenvalue weighted by Crippen LogP contribution is 2.32. The van der Waals surface area contributed by atoms with E-state index in [1.807, 2.05) is 0 Å². The third kappa shape index (κ3) is 4.83. The summed E-state index contributed by atoms with van der Waals surface area (Å²) in [4.78, 5) is 48.2. The molecule has 6 amide bonds. The van der Waals surface area contributed by atoms with E-state index >= 15 is 0 Å². The summed E-state index contributed by atoms with van der Waals surface area (Å²) < 4.78 is 36.0. The Balaban J connectivity index is 1.91. The van der Waals surface area contributed by atoms with E-state index in [1.54, 1.807) is 5.32 Å². The van der Waals surface area contributed by atoms with Gasteiger partial charge in [0.15, 0.2) is 0 Å². The summed E-state index contributed by atoms with van der Waals surface area (Å²) in [5.74, 6) is -1.58. The van der Waals surface area contributed by atoms with Gasteiger partial charge in [0.1, 0.15) is 18.6 Å².